The maximum Gasteiger partial charge on any atom is 0.303 e. The van der Waals surface area contributed by atoms with Gasteiger partial charge in [0.15, 0.2) is 0 Å². The van der Waals surface area contributed by atoms with Gasteiger partial charge in [0, 0.05) is 12.8 Å². The number of carboxylic acid groups (broad SMARTS) is 1. The Kier molecular flexibility index (Phi) is 11.4. The molecule has 1 aliphatic rings. The van der Waals surface area contributed by atoms with Crippen molar-refractivity contribution in [1.29, 1.82) is 0 Å². The number of unbranched alkanes of at least 4 members (excludes halogenated alkanes) is 3. The molecule has 0 aromatic heterocycles. The quantitative estimate of drug-likeness (QED) is 0.293. The molecule has 0 aliphatic carbocycles. The summed E-state index contributed by atoms with van der Waals surface area (Å²) in [5, 5.41) is 38.7. The average molecular weight is 370 g/mol. The van der Waals surface area contributed by atoms with Crippen molar-refractivity contribution in [3.63, 3.8) is 0 Å². The van der Waals surface area contributed by atoms with Crippen LogP contribution in [0.25, 0.3) is 0 Å². The number of aliphatic carboxylic acids is 1. The summed E-state index contributed by atoms with van der Waals surface area (Å²) in [6.45, 7) is 2.11. The van der Waals surface area contributed by atoms with E-state index in [-0.39, 0.29) is 6.42 Å². The summed E-state index contributed by atoms with van der Waals surface area (Å²) in [5.74, 6) is -0.804. The van der Waals surface area contributed by atoms with Gasteiger partial charge in [-0.2, -0.15) is 0 Å². The highest BCUT2D eigenvalue weighted by molar-refractivity contribution is 5.66. The fraction of sp³-hybridized carbons (Fsp3) is 0.750. The second kappa shape index (κ2) is 13.0. The molecule has 1 aliphatic heterocycles. The molecule has 0 radical (unpaired) electrons. The van der Waals surface area contributed by atoms with E-state index in [0.29, 0.717) is 32.1 Å². The van der Waals surface area contributed by atoms with Crippen LogP contribution < -0.4 is 0 Å². The summed E-state index contributed by atoms with van der Waals surface area (Å²) in [6, 6.07) is 0. The molecular formula is C20H34O6. The Morgan fingerprint density at radius 2 is 2.00 bits per heavy atom. The van der Waals surface area contributed by atoms with E-state index in [1.807, 2.05) is 12.2 Å². The third kappa shape index (κ3) is 9.48. The smallest absolute Gasteiger partial charge is 0.303 e. The van der Waals surface area contributed by atoms with Gasteiger partial charge in [0.1, 0.15) is 6.10 Å². The van der Waals surface area contributed by atoms with Crippen LogP contribution in [0.2, 0.25) is 0 Å². The summed E-state index contributed by atoms with van der Waals surface area (Å²) in [6.07, 6.45) is 10.2. The monoisotopic (exact) mass is 370 g/mol. The molecule has 5 atom stereocenters. The molecule has 6 heteroatoms. The predicted molar refractivity (Wildman–Crippen MR) is 99.8 cm³/mol. The number of carboxylic acids is 1. The summed E-state index contributed by atoms with van der Waals surface area (Å²) < 4.78 is 5.71. The molecule has 1 saturated heterocycles. The lowest BCUT2D eigenvalue weighted by Crippen LogP contribution is -2.25. The molecule has 0 bridgehead atoms. The van der Waals surface area contributed by atoms with Crippen molar-refractivity contribution >= 4 is 5.97 Å². The normalized spacial score (nSPS) is 25.9. The minimum atomic E-state index is -0.804. The number of allylic oxidation sites excluding steroid dienone is 1. The van der Waals surface area contributed by atoms with Crippen molar-refractivity contribution < 1.29 is 30.0 Å². The van der Waals surface area contributed by atoms with E-state index in [2.05, 4.69) is 6.92 Å². The van der Waals surface area contributed by atoms with Crippen LogP contribution in [0.1, 0.15) is 64.7 Å². The van der Waals surface area contributed by atoms with E-state index in [9.17, 15) is 20.1 Å². The van der Waals surface area contributed by atoms with E-state index < -0.39 is 36.5 Å². The van der Waals surface area contributed by atoms with Crippen molar-refractivity contribution in [2.75, 3.05) is 0 Å². The average Bonchev–Trinajstić information content (AvgIpc) is 2.97. The first kappa shape index (κ1) is 22.8. The zero-order chi connectivity index (χ0) is 19.4. The number of aliphatic hydroxyl groups excluding tert-OH is 3. The molecule has 150 valence electrons. The number of aliphatic hydroxyl groups is 3. The van der Waals surface area contributed by atoms with Crippen molar-refractivity contribution in [3.05, 3.63) is 24.3 Å². The van der Waals surface area contributed by atoms with Crippen LogP contribution in [0.5, 0.6) is 0 Å². The zero-order valence-electron chi connectivity index (χ0n) is 15.7. The summed E-state index contributed by atoms with van der Waals surface area (Å²) in [7, 11) is 0. The summed E-state index contributed by atoms with van der Waals surface area (Å²) >= 11 is 0. The Morgan fingerprint density at radius 3 is 2.69 bits per heavy atom. The molecule has 0 unspecified atom stereocenters. The molecule has 0 aromatic rings. The van der Waals surface area contributed by atoms with Crippen LogP contribution in [-0.4, -0.2) is 56.9 Å². The molecule has 4 N–H and O–H groups in total. The Bertz CT molecular complexity index is 448. The summed E-state index contributed by atoms with van der Waals surface area (Å²) in [4.78, 5) is 10.4. The molecule has 1 fully saturated rings. The van der Waals surface area contributed by atoms with Crippen LogP contribution >= 0.6 is 0 Å². The lowest BCUT2D eigenvalue weighted by Gasteiger charge is -2.16. The first-order valence-corrected chi connectivity index (χ1v) is 9.68. The van der Waals surface area contributed by atoms with Gasteiger partial charge in [-0.15, -0.1) is 0 Å². The summed E-state index contributed by atoms with van der Waals surface area (Å²) in [5.41, 5.74) is 0. The minimum absolute atomic E-state index is 0.142. The van der Waals surface area contributed by atoms with E-state index in [1.165, 1.54) is 0 Å². The third-order valence-electron chi connectivity index (χ3n) is 4.55. The SMILES string of the molecule is CCCCC[C@H](O)/C=C/[C@H]1O[C@@H]([C@@H](O)C/C=C\CCCC(=O)O)C[C@@H]1O. The van der Waals surface area contributed by atoms with E-state index in [0.717, 1.165) is 19.3 Å². The number of hydrogen-bond acceptors (Lipinski definition) is 5. The van der Waals surface area contributed by atoms with Crippen LogP contribution in [0.4, 0.5) is 0 Å². The van der Waals surface area contributed by atoms with Gasteiger partial charge in [-0.05, 0) is 25.7 Å². The van der Waals surface area contributed by atoms with E-state index in [1.54, 1.807) is 12.2 Å². The van der Waals surface area contributed by atoms with Crippen molar-refractivity contribution in [3.8, 4) is 0 Å². The van der Waals surface area contributed by atoms with Gasteiger partial charge >= 0.3 is 5.97 Å². The van der Waals surface area contributed by atoms with Gasteiger partial charge in [-0.1, -0.05) is 50.5 Å². The number of hydrogen-bond donors (Lipinski definition) is 4. The number of carbonyl (C=O) groups is 1. The van der Waals surface area contributed by atoms with Gasteiger partial charge in [0.25, 0.3) is 0 Å². The molecule has 1 heterocycles. The van der Waals surface area contributed by atoms with Gasteiger partial charge in [0.05, 0.1) is 24.4 Å². The topological polar surface area (TPSA) is 107 Å². The van der Waals surface area contributed by atoms with Crippen molar-refractivity contribution in [2.45, 2.75) is 95.2 Å². The van der Waals surface area contributed by atoms with Crippen molar-refractivity contribution in [1.82, 2.24) is 0 Å². The highest BCUT2D eigenvalue weighted by Gasteiger charge is 2.35. The molecule has 26 heavy (non-hydrogen) atoms. The Morgan fingerprint density at radius 1 is 1.23 bits per heavy atom. The molecule has 1 rings (SSSR count). The van der Waals surface area contributed by atoms with Gasteiger partial charge in [-0.25, -0.2) is 0 Å². The van der Waals surface area contributed by atoms with Crippen LogP contribution in [0.3, 0.4) is 0 Å². The Hall–Kier alpha value is -1.21. The molecule has 6 nitrogen and oxygen atoms in total. The molecule has 0 aromatic carbocycles. The number of rotatable bonds is 13. The lowest BCUT2D eigenvalue weighted by molar-refractivity contribution is -0.137. The Labute approximate surface area is 156 Å². The fourth-order valence-electron chi connectivity index (χ4n) is 2.96. The van der Waals surface area contributed by atoms with Gasteiger partial charge in [0.2, 0.25) is 0 Å². The predicted octanol–water partition coefficient (Wildman–Crippen LogP) is 2.56. The molecule has 0 amide bonds. The van der Waals surface area contributed by atoms with E-state index in [4.69, 9.17) is 9.84 Å². The van der Waals surface area contributed by atoms with Crippen LogP contribution in [-0.2, 0) is 9.53 Å². The maximum absolute atomic E-state index is 10.4. The highest BCUT2D eigenvalue weighted by atomic mass is 16.5. The second-order valence-electron chi connectivity index (χ2n) is 6.95. The van der Waals surface area contributed by atoms with Crippen LogP contribution in [0, 0.1) is 0 Å². The van der Waals surface area contributed by atoms with E-state index >= 15 is 0 Å². The minimum Gasteiger partial charge on any atom is -0.481 e. The second-order valence-corrected chi connectivity index (χ2v) is 6.95. The first-order chi connectivity index (χ1) is 12.4. The van der Waals surface area contributed by atoms with Crippen molar-refractivity contribution in [2.24, 2.45) is 0 Å². The highest BCUT2D eigenvalue weighted by Crippen LogP contribution is 2.25. The largest absolute Gasteiger partial charge is 0.481 e. The molecule has 0 spiro atoms. The molecule has 0 saturated carbocycles. The maximum atomic E-state index is 10.4. The van der Waals surface area contributed by atoms with Crippen LogP contribution in [0.15, 0.2) is 24.3 Å². The molecular weight excluding hydrogens is 336 g/mol. The first-order valence-electron chi connectivity index (χ1n) is 9.68. The third-order valence-corrected chi connectivity index (χ3v) is 4.55. The lowest BCUT2D eigenvalue weighted by atomic mass is 10.0. The number of ether oxygens (including phenoxy) is 1. The fourth-order valence-corrected chi connectivity index (χ4v) is 2.96. The van der Waals surface area contributed by atoms with Gasteiger partial charge in [-0.3, -0.25) is 4.79 Å². The zero-order valence-corrected chi connectivity index (χ0v) is 15.7. The van der Waals surface area contributed by atoms with Gasteiger partial charge < -0.3 is 25.2 Å². The standard InChI is InChI=1S/C20H34O6/c1-2-3-6-9-15(21)12-13-18-17(23)14-19(26-18)16(22)10-7-4-5-8-11-20(24)25/h4,7,12-13,15-19,21-23H,2-3,5-6,8-11,14H2,1H3,(H,24,25)/b7-4-,13-12+/t15-,16-,17-,18+,19+/m0/s1. The Balaban J connectivity index is 2.30.